The number of aromatic nitrogens is 2. The van der Waals surface area contributed by atoms with Crippen LogP contribution in [0.1, 0.15) is 79.0 Å². The SMILES string of the molecule is CC(C)(C)c1cc(-c2ccc(N(c3ccccc3)c3ccccc3)cc2)c2c(c1)c1cc(C(C)(C)C)cc3c4cc5c(cc4n2c31)c1cc(C(C)(C)C)cc2c3c4ccccc4sc3n5c12. The Morgan fingerprint density at radius 3 is 1.38 bits per heavy atom. The number of anilines is 3. The van der Waals surface area contributed by atoms with Gasteiger partial charge in [0.15, 0.2) is 0 Å². The summed E-state index contributed by atoms with van der Waals surface area (Å²) in [6, 6.07) is 59.8. The Labute approximate surface area is 389 Å². The van der Waals surface area contributed by atoms with Crippen molar-refractivity contribution in [3.05, 3.63) is 174 Å². The second-order valence-electron chi connectivity index (χ2n) is 21.9. The van der Waals surface area contributed by atoms with Crippen molar-refractivity contribution < 1.29 is 0 Å². The second kappa shape index (κ2) is 13.4. The molecule has 0 bridgehead atoms. The van der Waals surface area contributed by atoms with E-state index in [0.717, 1.165) is 17.1 Å². The number of benzene rings is 8. The first kappa shape index (κ1) is 39.5. The summed E-state index contributed by atoms with van der Waals surface area (Å²) in [6.45, 7) is 21.2. The van der Waals surface area contributed by atoms with E-state index in [9.17, 15) is 0 Å². The fraction of sp³-hybridized carbons (Fsp3) is 0.194. The van der Waals surface area contributed by atoms with Crippen molar-refractivity contribution in [3.8, 4) is 11.1 Å². The van der Waals surface area contributed by atoms with Crippen LogP contribution in [0.25, 0.3) is 96.7 Å². The van der Waals surface area contributed by atoms with Gasteiger partial charge in [0.1, 0.15) is 4.83 Å². The van der Waals surface area contributed by atoms with E-state index in [0.29, 0.717) is 0 Å². The first-order chi connectivity index (χ1) is 31.6. The van der Waals surface area contributed by atoms with Gasteiger partial charge < -0.3 is 9.30 Å². The molecule has 13 aromatic rings. The molecule has 0 aliphatic carbocycles. The summed E-state index contributed by atoms with van der Waals surface area (Å²) >= 11 is 1.93. The van der Waals surface area contributed by atoms with Gasteiger partial charge in [0.25, 0.3) is 0 Å². The molecule has 5 aromatic heterocycles. The van der Waals surface area contributed by atoms with Gasteiger partial charge in [-0.1, -0.05) is 129 Å². The number of rotatable bonds is 4. The number of para-hydroxylation sites is 2. The van der Waals surface area contributed by atoms with Gasteiger partial charge >= 0.3 is 0 Å². The van der Waals surface area contributed by atoms with Crippen LogP contribution in [0.5, 0.6) is 0 Å². The minimum Gasteiger partial charge on any atom is -0.311 e. The monoisotopic (exact) mass is 871 g/mol. The van der Waals surface area contributed by atoms with E-state index in [1.54, 1.807) is 0 Å². The normalized spacial score (nSPS) is 13.2. The van der Waals surface area contributed by atoms with Crippen LogP contribution in [0, 0.1) is 0 Å². The van der Waals surface area contributed by atoms with Gasteiger partial charge in [-0.2, -0.15) is 0 Å². The molecule has 322 valence electrons. The van der Waals surface area contributed by atoms with Crippen LogP contribution in [0.2, 0.25) is 0 Å². The van der Waals surface area contributed by atoms with E-state index in [2.05, 4.69) is 234 Å². The molecule has 0 amide bonds. The van der Waals surface area contributed by atoms with Crippen LogP contribution in [0.4, 0.5) is 17.1 Å². The lowest BCUT2D eigenvalue weighted by molar-refractivity contribution is 0.591. The van der Waals surface area contributed by atoms with Gasteiger partial charge in [-0.05, 0) is 129 Å². The zero-order valence-corrected chi connectivity index (χ0v) is 40.1. The molecule has 0 aliphatic heterocycles. The van der Waals surface area contributed by atoms with Gasteiger partial charge in [0, 0.05) is 75.8 Å². The molecule has 0 saturated carbocycles. The lowest BCUT2D eigenvalue weighted by Gasteiger charge is -2.26. The molecular weight excluding hydrogens is 819 g/mol. The zero-order chi connectivity index (χ0) is 45.2. The Kier molecular flexibility index (Phi) is 7.99. The molecule has 0 atom stereocenters. The van der Waals surface area contributed by atoms with Crippen molar-refractivity contribution in [2.75, 3.05) is 4.90 Å². The number of nitrogens with zero attached hydrogens (tertiary/aromatic N) is 3. The Hall–Kier alpha value is -6.88. The van der Waals surface area contributed by atoms with Crippen molar-refractivity contribution in [1.82, 2.24) is 8.80 Å². The van der Waals surface area contributed by atoms with E-state index in [4.69, 9.17) is 0 Å². The lowest BCUT2D eigenvalue weighted by atomic mass is 9.83. The van der Waals surface area contributed by atoms with Crippen LogP contribution in [-0.2, 0) is 16.2 Å². The van der Waals surface area contributed by atoms with Crippen LogP contribution in [0.15, 0.2) is 158 Å². The summed E-state index contributed by atoms with van der Waals surface area (Å²) in [5.41, 5.74) is 16.3. The van der Waals surface area contributed by atoms with E-state index < -0.39 is 0 Å². The predicted molar refractivity (Wildman–Crippen MR) is 287 cm³/mol. The molecule has 0 spiro atoms. The molecule has 0 fully saturated rings. The van der Waals surface area contributed by atoms with Crippen molar-refractivity contribution in [3.63, 3.8) is 0 Å². The number of thiophene rings is 1. The Bertz CT molecular complexity index is 4030. The summed E-state index contributed by atoms with van der Waals surface area (Å²) in [4.78, 5) is 3.69. The fourth-order valence-corrected chi connectivity index (χ4v) is 12.3. The maximum Gasteiger partial charge on any atom is 0.109 e. The topological polar surface area (TPSA) is 12.1 Å². The van der Waals surface area contributed by atoms with Gasteiger partial charge in [-0.15, -0.1) is 11.3 Å². The molecular formula is C62H53N3S. The average molecular weight is 872 g/mol. The first-order valence-corrected chi connectivity index (χ1v) is 24.3. The Morgan fingerprint density at radius 2 is 0.818 bits per heavy atom. The van der Waals surface area contributed by atoms with Crippen molar-refractivity contribution in [2.45, 2.75) is 78.6 Å². The second-order valence-corrected chi connectivity index (χ2v) is 22.9. The zero-order valence-electron chi connectivity index (χ0n) is 39.3. The molecule has 3 nitrogen and oxygen atoms in total. The molecule has 66 heavy (non-hydrogen) atoms. The quantitative estimate of drug-likeness (QED) is 0.172. The number of hydrogen-bond acceptors (Lipinski definition) is 2. The fourth-order valence-electron chi connectivity index (χ4n) is 11.1. The third-order valence-corrected chi connectivity index (χ3v) is 15.7. The average Bonchev–Trinajstić information content (AvgIpc) is 4.09. The molecule has 0 N–H and O–H groups in total. The van der Waals surface area contributed by atoms with Crippen molar-refractivity contribution in [2.24, 2.45) is 0 Å². The molecule has 0 aliphatic rings. The highest BCUT2D eigenvalue weighted by Gasteiger charge is 2.29. The molecule has 0 unspecified atom stereocenters. The molecule has 0 saturated heterocycles. The summed E-state index contributed by atoms with van der Waals surface area (Å²) in [6.07, 6.45) is 0. The standard InChI is InChI=1S/C62H53N3S/c1-60(2,3)37-28-44(36-24-26-42(27-25-36)63(40-18-12-10-13-19-40)41-20-14-11-15-21-41)56-49(31-37)50-32-38(61(4,5)6)29-47-45-35-53-46(34-52(45)64(56)57(47)50)48-30-39(62(7,8)9)33-51-55-43-22-16-17-23-54(43)66-59(55)65(53)58(48)51/h10-35H,1-9H3. The molecule has 13 rings (SSSR count). The minimum atomic E-state index is -0.0586. The van der Waals surface area contributed by atoms with E-state index in [1.807, 2.05) is 11.3 Å². The van der Waals surface area contributed by atoms with E-state index in [1.165, 1.54) is 113 Å². The largest absolute Gasteiger partial charge is 0.311 e. The van der Waals surface area contributed by atoms with Crippen LogP contribution in [0.3, 0.4) is 0 Å². The lowest BCUT2D eigenvalue weighted by Crippen LogP contribution is -2.11. The third kappa shape index (κ3) is 5.54. The van der Waals surface area contributed by atoms with Gasteiger partial charge in [-0.3, -0.25) is 4.40 Å². The van der Waals surface area contributed by atoms with Crippen molar-refractivity contribution in [1.29, 1.82) is 0 Å². The van der Waals surface area contributed by atoms with Gasteiger partial charge in [0.05, 0.1) is 27.6 Å². The van der Waals surface area contributed by atoms with Crippen LogP contribution < -0.4 is 4.90 Å². The Balaban J connectivity index is 1.15. The summed E-state index contributed by atoms with van der Waals surface area (Å²) in [5.74, 6) is 0. The highest BCUT2D eigenvalue weighted by atomic mass is 32.1. The maximum atomic E-state index is 2.64. The van der Waals surface area contributed by atoms with E-state index in [-0.39, 0.29) is 16.2 Å². The number of hydrogen-bond donors (Lipinski definition) is 0. The highest BCUT2D eigenvalue weighted by Crippen LogP contribution is 2.51. The molecule has 4 heteroatoms. The smallest absolute Gasteiger partial charge is 0.109 e. The van der Waals surface area contributed by atoms with Crippen LogP contribution >= 0.6 is 11.3 Å². The molecule has 8 aromatic carbocycles. The Morgan fingerprint density at radius 1 is 0.379 bits per heavy atom. The summed E-state index contributed by atoms with van der Waals surface area (Å²) in [7, 11) is 0. The van der Waals surface area contributed by atoms with Gasteiger partial charge in [-0.25, -0.2) is 0 Å². The minimum absolute atomic E-state index is 0.0127. The summed E-state index contributed by atoms with van der Waals surface area (Å²) in [5, 5.41) is 12.1. The van der Waals surface area contributed by atoms with E-state index >= 15 is 0 Å². The predicted octanol–water partition coefficient (Wildman–Crippen LogP) is 18.2. The molecule has 0 radical (unpaired) electrons. The van der Waals surface area contributed by atoms with Gasteiger partial charge in [0.2, 0.25) is 0 Å². The summed E-state index contributed by atoms with van der Waals surface area (Å²) < 4.78 is 6.60. The highest BCUT2D eigenvalue weighted by molar-refractivity contribution is 7.25. The van der Waals surface area contributed by atoms with Crippen molar-refractivity contribution >= 4 is 114 Å². The molecule has 5 heterocycles. The first-order valence-electron chi connectivity index (χ1n) is 23.5. The van der Waals surface area contributed by atoms with Crippen LogP contribution in [-0.4, -0.2) is 8.80 Å². The third-order valence-electron chi connectivity index (χ3n) is 14.6. The number of fused-ring (bicyclic) bond motifs is 14. The maximum absolute atomic E-state index is 2.64.